The van der Waals surface area contributed by atoms with E-state index < -0.39 is 0 Å². The molecule has 3 heterocycles. The standard InChI is InChI=1S/C20H21BrN4O2S/c1-11(2)16-10-27-20(26)25(16)18-17-15(8-9-28-17)23-19(24-18)22-12(3)13-4-6-14(21)7-5-13/h4-9,11-12,16H,10H2,1-3H3,(H,22,23,24)/t12-,16+/m0/s1. The smallest absolute Gasteiger partial charge is 0.415 e. The van der Waals surface area contributed by atoms with Gasteiger partial charge in [-0.25, -0.2) is 9.78 Å². The number of amides is 1. The molecule has 146 valence electrons. The molecule has 2 atom stereocenters. The molecular formula is C20H21BrN4O2S. The monoisotopic (exact) mass is 460 g/mol. The summed E-state index contributed by atoms with van der Waals surface area (Å²) in [6.07, 6.45) is -0.348. The molecule has 1 aliphatic rings. The first-order valence-electron chi connectivity index (χ1n) is 9.17. The molecule has 2 aromatic heterocycles. The molecule has 1 fully saturated rings. The van der Waals surface area contributed by atoms with Crippen LogP contribution in [-0.2, 0) is 4.74 Å². The van der Waals surface area contributed by atoms with E-state index in [1.807, 2.05) is 23.6 Å². The van der Waals surface area contributed by atoms with Gasteiger partial charge in [0.1, 0.15) is 6.61 Å². The molecule has 1 saturated heterocycles. The average Bonchev–Trinajstić information content (AvgIpc) is 3.28. The van der Waals surface area contributed by atoms with Crippen LogP contribution in [0.3, 0.4) is 0 Å². The van der Waals surface area contributed by atoms with Crippen molar-refractivity contribution >= 4 is 55.3 Å². The Morgan fingerprint density at radius 2 is 1.96 bits per heavy atom. The molecule has 0 saturated carbocycles. The van der Waals surface area contributed by atoms with Gasteiger partial charge in [-0.05, 0) is 42.0 Å². The van der Waals surface area contributed by atoms with Gasteiger partial charge in [-0.1, -0.05) is 41.9 Å². The van der Waals surface area contributed by atoms with Gasteiger partial charge in [-0.3, -0.25) is 4.90 Å². The van der Waals surface area contributed by atoms with E-state index in [1.54, 1.807) is 4.90 Å². The van der Waals surface area contributed by atoms with Crippen LogP contribution in [0.15, 0.2) is 40.2 Å². The van der Waals surface area contributed by atoms with Crippen LogP contribution in [0, 0.1) is 5.92 Å². The first-order valence-corrected chi connectivity index (χ1v) is 10.8. The third kappa shape index (κ3) is 3.58. The zero-order valence-corrected chi connectivity index (χ0v) is 18.3. The second-order valence-corrected chi connectivity index (χ2v) is 9.01. The highest BCUT2D eigenvalue weighted by molar-refractivity contribution is 9.10. The van der Waals surface area contributed by atoms with Crippen LogP contribution in [0.25, 0.3) is 10.2 Å². The Morgan fingerprint density at radius 3 is 2.68 bits per heavy atom. The van der Waals surface area contributed by atoms with Crippen LogP contribution in [0.5, 0.6) is 0 Å². The largest absolute Gasteiger partial charge is 0.447 e. The first-order chi connectivity index (χ1) is 13.4. The maximum Gasteiger partial charge on any atom is 0.415 e. The van der Waals surface area contributed by atoms with Gasteiger partial charge in [0.15, 0.2) is 5.82 Å². The molecular weight excluding hydrogens is 440 g/mol. The summed E-state index contributed by atoms with van der Waals surface area (Å²) in [5, 5.41) is 5.34. The van der Waals surface area contributed by atoms with Crippen molar-refractivity contribution in [3.8, 4) is 0 Å². The highest BCUT2D eigenvalue weighted by Crippen LogP contribution is 2.35. The van der Waals surface area contributed by atoms with Crippen molar-refractivity contribution in [3.05, 3.63) is 45.7 Å². The number of rotatable bonds is 5. The van der Waals surface area contributed by atoms with Crippen LogP contribution >= 0.6 is 27.3 Å². The molecule has 28 heavy (non-hydrogen) atoms. The van der Waals surface area contributed by atoms with E-state index in [0.29, 0.717) is 18.4 Å². The molecule has 1 aliphatic heterocycles. The summed E-state index contributed by atoms with van der Waals surface area (Å²) in [6, 6.07) is 10.1. The summed E-state index contributed by atoms with van der Waals surface area (Å²) < 4.78 is 7.26. The van der Waals surface area contributed by atoms with Gasteiger partial charge in [0.05, 0.1) is 22.3 Å². The van der Waals surface area contributed by atoms with E-state index in [4.69, 9.17) is 9.72 Å². The lowest BCUT2D eigenvalue weighted by atomic mass is 10.0. The minimum atomic E-state index is -0.348. The van der Waals surface area contributed by atoms with Crippen molar-refractivity contribution in [2.75, 3.05) is 16.8 Å². The van der Waals surface area contributed by atoms with Crippen molar-refractivity contribution in [1.29, 1.82) is 0 Å². The third-order valence-electron chi connectivity index (χ3n) is 4.90. The number of fused-ring (bicyclic) bond motifs is 1. The van der Waals surface area contributed by atoms with Crippen molar-refractivity contribution in [2.45, 2.75) is 32.9 Å². The predicted octanol–water partition coefficient (Wildman–Crippen LogP) is 5.61. The Morgan fingerprint density at radius 1 is 1.21 bits per heavy atom. The first kappa shape index (κ1) is 19.1. The van der Waals surface area contributed by atoms with Crippen molar-refractivity contribution in [1.82, 2.24) is 9.97 Å². The number of thiophene rings is 1. The Hall–Kier alpha value is -2.19. The number of nitrogens with zero attached hydrogens (tertiary/aromatic N) is 3. The number of nitrogens with one attached hydrogen (secondary N) is 1. The Labute approximate surface area is 176 Å². The van der Waals surface area contributed by atoms with Crippen molar-refractivity contribution in [3.63, 3.8) is 0 Å². The molecule has 1 amide bonds. The van der Waals surface area contributed by atoms with Crippen LogP contribution in [0.2, 0.25) is 0 Å². The number of anilines is 2. The third-order valence-corrected chi connectivity index (χ3v) is 6.33. The number of aromatic nitrogens is 2. The van der Waals surface area contributed by atoms with E-state index in [2.05, 4.69) is 59.1 Å². The molecule has 1 N–H and O–H groups in total. The number of hydrogen-bond acceptors (Lipinski definition) is 6. The molecule has 0 aliphatic carbocycles. The molecule has 6 nitrogen and oxygen atoms in total. The molecule has 0 radical (unpaired) electrons. The summed E-state index contributed by atoms with van der Waals surface area (Å²) in [6.45, 7) is 6.61. The Balaban J connectivity index is 1.71. The van der Waals surface area contributed by atoms with Gasteiger partial charge in [-0.15, -0.1) is 11.3 Å². The van der Waals surface area contributed by atoms with Crippen LogP contribution in [0.1, 0.15) is 32.4 Å². The normalized spacial score (nSPS) is 18.0. The van der Waals surface area contributed by atoms with Crippen molar-refractivity contribution in [2.24, 2.45) is 5.92 Å². The highest BCUT2D eigenvalue weighted by Gasteiger charge is 2.38. The fraction of sp³-hybridized carbons (Fsp3) is 0.350. The minimum absolute atomic E-state index is 0.0171. The predicted molar refractivity (Wildman–Crippen MR) is 116 cm³/mol. The lowest BCUT2D eigenvalue weighted by Gasteiger charge is -2.24. The second kappa shape index (κ2) is 7.67. The van der Waals surface area contributed by atoms with E-state index in [1.165, 1.54) is 11.3 Å². The molecule has 1 aromatic carbocycles. The number of carbonyl (C=O) groups is 1. The van der Waals surface area contributed by atoms with Crippen LogP contribution < -0.4 is 10.2 Å². The summed E-state index contributed by atoms with van der Waals surface area (Å²) in [7, 11) is 0. The molecule has 0 bridgehead atoms. The minimum Gasteiger partial charge on any atom is -0.447 e. The SMILES string of the molecule is CC(C)[C@H]1COC(=O)N1c1nc(N[C@@H](C)c2ccc(Br)cc2)nc2ccsc12. The van der Waals surface area contributed by atoms with E-state index in [0.717, 1.165) is 20.3 Å². The lowest BCUT2D eigenvalue weighted by molar-refractivity contribution is 0.177. The van der Waals surface area contributed by atoms with Gasteiger partial charge in [0.25, 0.3) is 0 Å². The second-order valence-electron chi connectivity index (χ2n) is 7.18. The van der Waals surface area contributed by atoms with Gasteiger partial charge in [0.2, 0.25) is 5.95 Å². The fourth-order valence-electron chi connectivity index (χ4n) is 3.27. The maximum atomic E-state index is 12.5. The average molecular weight is 461 g/mol. The van der Waals surface area contributed by atoms with Crippen molar-refractivity contribution < 1.29 is 9.53 Å². The number of halogens is 1. The number of hydrogen-bond donors (Lipinski definition) is 1. The number of cyclic esters (lactones) is 1. The number of ether oxygens (including phenoxy) is 1. The maximum absolute atomic E-state index is 12.5. The molecule has 0 spiro atoms. The molecule has 3 aromatic rings. The molecule has 0 unspecified atom stereocenters. The Kier molecular flexibility index (Phi) is 5.25. The topological polar surface area (TPSA) is 67.3 Å². The quantitative estimate of drug-likeness (QED) is 0.535. The summed E-state index contributed by atoms with van der Waals surface area (Å²) in [5.74, 6) is 1.37. The lowest BCUT2D eigenvalue weighted by Crippen LogP contribution is -2.38. The highest BCUT2D eigenvalue weighted by atomic mass is 79.9. The number of carbonyl (C=O) groups excluding carboxylic acids is 1. The van der Waals surface area contributed by atoms with Crippen LogP contribution in [-0.4, -0.2) is 28.7 Å². The summed E-state index contributed by atoms with van der Waals surface area (Å²) in [5.41, 5.74) is 1.95. The van der Waals surface area contributed by atoms with Gasteiger partial charge >= 0.3 is 6.09 Å². The summed E-state index contributed by atoms with van der Waals surface area (Å²) >= 11 is 5.00. The van der Waals surface area contributed by atoms with Gasteiger partial charge in [-0.2, -0.15) is 4.98 Å². The van der Waals surface area contributed by atoms with Gasteiger partial charge in [0, 0.05) is 4.47 Å². The summed E-state index contributed by atoms with van der Waals surface area (Å²) in [4.78, 5) is 23.5. The number of benzene rings is 1. The fourth-order valence-corrected chi connectivity index (χ4v) is 4.36. The zero-order chi connectivity index (χ0) is 19.8. The van der Waals surface area contributed by atoms with E-state index in [-0.39, 0.29) is 24.1 Å². The van der Waals surface area contributed by atoms with Gasteiger partial charge < -0.3 is 10.1 Å². The molecule has 8 heteroatoms. The van der Waals surface area contributed by atoms with E-state index >= 15 is 0 Å². The Bertz CT molecular complexity index is 1010. The zero-order valence-electron chi connectivity index (χ0n) is 15.8. The van der Waals surface area contributed by atoms with Crippen LogP contribution in [0.4, 0.5) is 16.6 Å². The molecule has 4 rings (SSSR count). The van der Waals surface area contributed by atoms with E-state index in [9.17, 15) is 4.79 Å².